The molecule has 1 aromatic carbocycles. The number of carbonyl (C=O) groups is 2. The molecule has 0 bridgehead atoms. The van der Waals surface area contributed by atoms with E-state index < -0.39 is 17.4 Å². The minimum atomic E-state index is -1.25. The van der Waals surface area contributed by atoms with Gasteiger partial charge in [-0.3, -0.25) is 9.59 Å². The van der Waals surface area contributed by atoms with Gasteiger partial charge in [0.25, 0.3) is 0 Å². The summed E-state index contributed by atoms with van der Waals surface area (Å²) in [5.41, 5.74) is 11.1. The molecular weight excluding hydrogens is 400 g/mol. The van der Waals surface area contributed by atoms with Gasteiger partial charge in [0.2, 0.25) is 17.7 Å². The minimum absolute atomic E-state index is 0.123. The quantitative estimate of drug-likeness (QED) is 0.553. The fourth-order valence-corrected chi connectivity index (χ4v) is 3.02. The molecule has 1 aliphatic rings. The molecule has 2 heterocycles. The van der Waals surface area contributed by atoms with Crippen LogP contribution in [0.25, 0.3) is 11.5 Å². The maximum absolute atomic E-state index is 12.2. The van der Waals surface area contributed by atoms with Crippen LogP contribution in [0.5, 0.6) is 11.5 Å². The molecule has 5 N–H and O–H groups in total. The van der Waals surface area contributed by atoms with Crippen LogP contribution in [0, 0.1) is 5.92 Å². The molecular formula is C22H26N4O5. The summed E-state index contributed by atoms with van der Waals surface area (Å²) in [5, 5.41) is 2.87. The first-order chi connectivity index (χ1) is 14.7. The summed E-state index contributed by atoms with van der Waals surface area (Å²) in [7, 11) is 1.58. The Labute approximate surface area is 180 Å². The van der Waals surface area contributed by atoms with E-state index in [1.54, 1.807) is 25.3 Å². The van der Waals surface area contributed by atoms with Gasteiger partial charge < -0.3 is 30.7 Å². The zero-order chi connectivity index (χ0) is 22.6. The molecule has 0 fully saturated rings. The van der Waals surface area contributed by atoms with E-state index in [1.165, 1.54) is 24.6 Å². The van der Waals surface area contributed by atoms with Crippen molar-refractivity contribution < 1.29 is 23.5 Å². The molecule has 0 spiro atoms. The highest BCUT2D eigenvalue weighted by Crippen LogP contribution is 2.33. The van der Waals surface area contributed by atoms with Gasteiger partial charge in [0.15, 0.2) is 11.5 Å². The summed E-state index contributed by atoms with van der Waals surface area (Å²) in [6.45, 7) is 4.65. The SMILES string of the molecule is COc1ccc(-c2nc(CC3(C(N)=O)C=CC(C(N)=O)=CN3)co2)cc1OCC(C)C. The highest BCUT2D eigenvalue weighted by Gasteiger charge is 2.36. The highest BCUT2D eigenvalue weighted by molar-refractivity contribution is 5.96. The summed E-state index contributed by atoms with van der Waals surface area (Å²) in [6.07, 6.45) is 5.93. The molecule has 1 aromatic heterocycles. The first kappa shape index (κ1) is 21.9. The second-order valence-corrected chi connectivity index (χ2v) is 7.67. The monoisotopic (exact) mass is 426 g/mol. The summed E-state index contributed by atoms with van der Waals surface area (Å²) in [6, 6.07) is 5.38. The van der Waals surface area contributed by atoms with Crippen LogP contribution in [0.15, 0.2) is 52.8 Å². The van der Waals surface area contributed by atoms with Crippen LogP contribution < -0.4 is 26.3 Å². The summed E-state index contributed by atoms with van der Waals surface area (Å²) in [5.74, 6) is 0.676. The molecule has 0 aliphatic carbocycles. The van der Waals surface area contributed by atoms with Crippen LogP contribution >= 0.6 is 0 Å². The molecule has 9 heteroatoms. The molecule has 1 atom stereocenters. The lowest BCUT2D eigenvalue weighted by Crippen LogP contribution is -2.55. The van der Waals surface area contributed by atoms with Gasteiger partial charge in [-0.2, -0.15) is 0 Å². The molecule has 0 saturated carbocycles. The van der Waals surface area contributed by atoms with E-state index in [4.69, 9.17) is 25.4 Å². The van der Waals surface area contributed by atoms with Crippen molar-refractivity contribution >= 4 is 11.8 Å². The number of benzene rings is 1. The van der Waals surface area contributed by atoms with Crippen LogP contribution in [-0.4, -0.2) is 36.1 Å². The summed E-state index contributed by atoms with van der Waals surface area (Å²) < 4.78 is 16.8. The van der Waals surface area contributed by atoms with Crippen LogP contribution in [0.1, 0.15) is 19.5 Å². The second kappa shape index (κ2) is 8.95. The number of primary amides is 2. The average Bonchev–Trinajstić information content (AvgIpc) is 3.20. The number of aromatic nitrogens is 1. The number of carbonyl (C=O) groups excluding carboxylic acids is 2. The molecule has 164 valence electrons. The molecule has 0 saturated heterocycles. The van der Waals surface area contributed by atoms with Gasteiger partial charge in [0.05, 0.1) is 25.0 Å². The fraction of sp³-hybridized carbons (Fsp3) is 0.318. The maximum Gasteiger partial charge on any atom is 0.250 e. The summed E-state index contributed by atoms with van der Waals surface area (Å²) >= 11 is 0. The molecule has 2 aromatic rings. The normalized spacial score (nSPS) is 17.7. The lowest BCUT2D eigenvalue weighted by atomic mass is 9.89. The van der Waals surface area contributed by atoms with Crippen molar-refractivity contribution in [3.8, 4) is 23.0 Å². The molecule has 0 radical (unpaired) electrons. The average molecular weight is 426 g/mol. The predicted molar refractivity (Wildman–Crippen MR) is 114 cm³/mol. The number of hydrogen-bond donors (Lipinski definition) is 3. The highest BCUT2D eigenvalue weighted by atomic mass is 16.5. The number of dihydropyridines is 1. The molecule has 31 heavy (non-hydrogen) atoms. The van der Waals surface area contributed by atoms with E-state index in [0.717, 1.165) is 0 Å². The van der Waals surface area contributed by atoms with Crippen molar-refractivity contribution in [1.82, 2.24) is 10.3 Å². The van der Waals surface area contributed by atoms with Crippen molar-refractivity contribution in [2.24, 2.45) is 17.4 Å². The Kier molecular flexibility index (Phi) is 6.33. The van der Waals surface area contributed by atoms with Gasteiger partial charge in [-0.25, -0.2) is 4.98 Å². The van der Waals surface area contributed by atoms with E-state index in [-0.39, 0.29) is 12.0 Å². The number of nitrogens with zero attached hydrogens (tertiary/aromatic N) is 1. The van der Waals surface area contributed by atoms with Gasteiger partial charge in [-0.1, -0.05) is 13.8 Å². The molecule has 1 unspecified atom stereocenters. The van der Waals surface area contributed by atoms with Gasteiger partial charge in [0, 0.05) is 18.2 Å². The number of rotatable bonds is 9. The van der Waals surface area contributed by atoms with Crippen LogP contribution in [-0.2, 0) is 16.0 Å². The maximum atomic E-state index is 12.2. The standard InChI is InChI=1S/C22H26N4O5/c1-13(2)11-30-18-8-14(4-5-17(18)29-3)20-26-16(12-31-20)9-22(21(24)28)7-6-15(10-25-22)19(23)27/h4-8,10,12-13,25H,9,11H2,1-3H3,(H2,23,27)(H2,24,28). The molecule has 3 rings (SSSR count). The van der Waals surface area contributed by atoms with Gasteiger partial charge in [-0.05, 0) is 36.3 Å². The Morgan fingerprint density at radius 2 is 2.03 bits per heavy atom. The van der Waals surface area contributed by atoms with Crippen LogP contribution in [0.2, 0.25) is 0 Å². The number of nitrogens with two attached hydrogens (primary N) is 2. The number of methoxy groups -OCH3 is 1. The van der Waals surface area contributed by atoms with Crippen LogP contribution in [0.3, 0.4) is 0 Å². The van der Waals surface area contributed by atoms with Crippen molar-refractivity contribution in [3.05, 3.63) is 54.1 Å². The molecule has 1 aliphatic heterocycles. The van der Waals surface area contributed by atoms with Crippen molar-refractivity contribution in [2.45, 2.75) is 25.8 Å². The van der Waals surface area contributed by atoms with Crippen LogP contribution in [0.4, 0.5) is 0 Å². The first-order valence-electron chi connectivity index (χ1n) is 9.76. The minimum Gasteiger partial charge on any atom is -0.493 e. The largest absolute Gasteiger partial charge is 0.493 e. The zero-order valence-corrected chi connectivity index (χ0v) is 17.7. The van der Waals surface area contributed by atoms with E-state index in [2.05, 4.69) is 24.1 Å². The van der Waals surface area contributed by atoms with Gasteiger partial charge in [0.1, 0.15) is 11.8 Å². The van der Waals surface area contributed by atoms with Crippen molar-refractivity contribution in [2.75, 3.05) is 13.7 Å². The van der Waals surface area contributed by atoms with E-state index in [0.29, 0.717) is 41.2 Å². The Hall–Kier alpha value is -3.75. The molecule has 9 nitrogen and oxygen atoms in total. The number of nitrogens with one attached hydrogen (secondary N) is 1. The Morgan fingerprint density at radius 1 is 1.26 bits per heavy atom. The Balaban J connectivity index is 1.83. The number of ether oxygens (including phenoxy) is 2. The van der Waals surface area contributed by atoms with Crippen molar-refractivity contribution in [3.63, 3.8) is 0 Å². The van der Waals surface area contributed by atoms with Crippen molar-refractivity contribution in [1.29, 1.82) is 0 Å². The van der Waals surface area contributed by atoms with Gasteiger partial charge in [-0.15, -0.1) is 0 Å². The van der Waals surface area contributed by atoms with E-state index in [9.17, 15) is 9.59 Å². The Morgan fingerprint density at radius 3 is 2.61 bits per heavy atom. The number of amides is 2. The molecule has 2 amide bonds. The van der Waals surface area contributed by atoms with Gasteiger partial charge >= 0.3 is 0 Å². The van der Waals surface area contributed by atoms with E-state index >= 15 is 0 Å². The predicted octanol–water partition coefficient (Wildman–Crippen LogP) is 1.68. The fourth-order valence-electron chi connectivity index (χ4n) is 3.02. The lowest BCUT2D eigenvalue weighted by Gasteiger charge is -2.29. The smallest absolute Gasteiger partial charge is 0.250 e. The number of hydrogen-bond acceptors (Lipinski definition) is 7. The lowest BCUT2D eigenvalue weighted by molar-refractivity contribution is -0.122. The topological polar surface area (TPSA) is 143 Å². The number of oxazole rings is 1. The third-order valence-corrected chi connectivity index (χ3v) is 4.75. The second-order valence-electron chi connectivity index (χ2n) is 7.67. The Bertz CT molecular complexity index is 1040. The summed E-state index contributed by atoms with van der Waals surface area (Å²) in [4.78, 5) is 28.0. The third kappa shape index (κ3) is 4.88. The first-order valence-corrected chi connectivity index (χ1v) is 9.76. The van der Waals surface area contributed by atoms with E-state index in [1.807, 2.05) is 0 Å². The zero-order valence-electron chi connectivity index (χ0n) is 17.7. The third-order valence-electron chi connectivity index (χ3n) is 4.75.